The van der Waals surface area contributed by atoms with Crippen molar-refractivity contribution in [2.24, 2.45) is 5.10 Å². The molecular formula is C19H14Cl2N2O5S2. The van der Waals surface area contributed by atoms with Crippen LogP contribution >= 0.6 is 47.2 Å². The van der Waals surface area contributed by atoms with Gasteiger partial charge in [-0.2, -0.15) is 10.1 Å². The highest BCUT2D eigenvalue weighted by Gasteiger charge is 2.32. The first-order chi connectivity index (χ1) is 14.2. The summed E-state index contributed by atoms with van der Waals surface area (Å²) in [7, 11) is 2.79. The van der Waals surface area contributed by atoms with Gasteiger partial charge in [-0.25, -0.2) is 0 Å². The maximum Gasteiger partial charge on any atom is 0.286 e. The smallest absolute Gasteiger partial charge is 0.286 e. The number of methoxy groups -OCH3 is 2. The molecule has 0 atom stereocenters. The minimum atomic E-state index is -0.429. The van der Waals surface area contributed by atoms with Gasteiger partial charge in [0, 0.05) is 0 Å². The van der Waals surface area contributed by atoms with Gasteiger partial charge >= 0.3 is 0 Å². The molecule has 3 rings (SSSR count). The van der Waals surface area contributed by atoms with Crippen LogP contribution in [0.3, 0.4) is 0 Å². The molecule has 1 amide bonds. The molecule has 1 heterocycles. The first-order valence-electron chi connectivity index (χ1n) is 8.20. The number of amides is 1. The van der Waals surface area contributed by atoms with Crippen molar-refractivity contribution in [2.75, 3.05) is 14.2 Å². The van der Waals surface area contributed by atoms with Crippen molar-refractivity contribution in [1.29, 1.82) is 0 Å². The third-order valence-corrected chi connectivity index (χ3v) is 5.79. The number of benzene rings is 2. The van der Waals surface area contributed by atoms with E-state index in [9.17, 15) is 15.0 Å². The lowest BCUT2D eigenvalue weighted by molar-refractivity contribution is -0.122. The van der Waals surface area contributed by atoms with Gasteiger partial charge < -0.3 is 19.7 Å². The Morgan fingerprint density at radius 2 is 1.57 bits per heavy atom. The van der Waals surface area contributed by atoms with E-state index < -0.39 is 5.91 Å². The van der Waals surface area contributed by atoms with Crippen molar-refractivity contribution < 1.29 is 24.5 Å². The van der Waals surface area contributed by atoms with Crippen LogP contribution in [0.1, 0.15) is 11.1 Å². The number of nitrogens with zero attached hydrogens (tertiary/aromatic N) is 2. The summed E-state index contributed by atoms with van der Waals surface area (Å²) in [5.41, 5.74) is 1.05. The normalized spacial score (nSPS) is 15.5. The lowest BCUT2D eigenvalue weighted by atomic mass is 10.2. The lowest BCUT2D eigenvalue weighted by Gasteiger charge is -2.08. The van der Waals surface area contributed by atoms with E-state index in [1.54, 1.807) is 12.1 Å². The van der Waals surface area contributed by atoms with E-state index in [-0.39, 0.29) is 37.4 Å². The molecule has 0 spiro atoms. The van der Waals surface area contributed by atoms with Crippen LogP contribution in [0.2, 0.25) is 10.0 Å². The fourth-order valence-corrected chi connectivity index (χ4v) is 4.10. The van der Waals surface area contributed by atoms with E-state index in [1.165, 1.54) is 38.6 Å². The quantitative estimate of drug-likeness (QED) is 0.362. The number of rotatable bonds is 5. The summed E-state index contributed by atoms with van der Waals surface area (Å²) < 4.78 is 10.3. The molecule has 2 aromatic rings. The molecule has 1 fully saturated rings. The zero-order valence-corrected chi connectivity index (χ0v) is 18.7. The van der Waals surface area contributed by atoms with Gasteiger partial charge in [0.15, 0.2) is 27.3 Å². The zero-order valence-electron chi connectivity index (χ0n) is 15.6. The van der Waals surface area contributed by atoms with E-state index in [2.05, 4.69) is 5.10 Å². The molecule has 0 aliphatic carbocycles. The third kappa shape index (κ3) is 4.49. The van der Waals surface area contributed by atoms with Crippen molar-refractivity contribution in [3.8, 4) is 23.0 Å². The number of hydrogen-bond acceptors (Lipinski definition) is 8. The van der Waals surface area contributed by atoms with Gasteiger partial charge in [-0.3, -0.25) is 4.79 Å². The molecule has 30 heavy (non-hydrogen) atoms. The average Bonchev–Trinajstić information content (AvgIpc) is 2.97. The molecule has 7 nitrogen and oxygen atoms in total. The molecule has 156 valence electrons. The summed E-state index contributed by atoms with van der Waals surface area (Å²) in [6.45, 7) is 0. The number of hydrogen-bond donors (Lipinski definition) is 2. The van der Waals surface area contributed by atoms with Crippen molar-refractivity contribution >= 4 is 69.7 Å². The summed E-state index contributed by atoms with van der Waals surface area (Å²) >= 11 is 18.3. The summed E-state index contributed by atoms with van der Waals surface area (Å²) in [6, 6.07) is 6.03. The van der Waals surface area contributed by atoms with Gasteiger partial charge in [-0.15, -0.1) is 0 Å². The SMILES string of the molecule is COc1cc(/C=C2\SC(=S)N(/N=C/c3cc(Cl)c(O)c(OC)c3)C2=O)cc(Cl)c1O. The van der Waals surface area contributed by atoms with Crippen LogP contribution < -0.4 is 9.47 Å². The maximum atomic E-state index is 12.7. The average molecular weight is 485 g/mol. The van der Waals surface area contributed by atoms with Crippen molar-refractivity contribution in [1.82, 2.24) is 5.01 Å². The van der Waals surface area contributed by atoms with E-state index in [1.807, 2.05) is 0 Å². The molecule has 0 radical (unpaired) electrons. The molecule has 1 aliphatic rings. The Bertz CT molecular complexity index is 1100. The number of thioether (sulfide) groups is 1. The summed E-state index contributed by atoms with van der Waals surface area (Å²) in [5.74, 6) is -0.446. The van der Waals surface area contributed by atoms with Crippen LogP contribution in [-0.4, -0.2) is 45.9 Å². The van der Waals surface area contributed by atoms with Crippen LogP contribution in [0.4, 0.5) is 0 Å². The van der Waals surface area contributed by atoms with Crippen LogP contribution in [-0.2, 0) is 4.79 Å². The molecule has 0 saturated carbocycles. The zero-order chi connectivity index (χ0) is 22.0. The van der Waals surface area contributed by atoms with E-state index >= 15 is 0 Å². The highest BCUT2D eigenvalue weighted by Crippen LogP contribution is 2.38. The van der Waals surface area contributed by atoms with Crippen LogP contribution in [0.5, 0.6) is 23.0 Å². The number of carbonyl (C=O) groups is 1. The molecule has 0 unspecified atom stereocenters. The number of carbonyl (C=O) groups excluding carboxylic acids is 1. The Labute approximate surface area is 191 Å². The molecular weight excluding hydrogens is 471 g/mol. The summed E-state index contributed by atoms with van der Waals surface area (Å²) in [6.07, 6.45) is 2.95. The molecule has 2 aromatic carbocycles. The first kappa shape index (κ1) is 22.2. The van der Waals surface area contributed by atoms with Gasteiger partial charge in [0.2, 0.25) is 0 Å². The maximum absolute atomic E-state index is 12.7. The van der Waals surface area contributed by atoms with Gasteiger partial charge in [-0.1, -0.05) is 35.0 Å². The number of aromatic hydroxyl groups is 2. The number of phenolic OH excluding ortho intramolecular Hbond substituents is 2. The van der Waals surface area contributed by atoms with Crippen LogP contribution in [0.15, 0.2) is 34.3 Å². The molecule has 1 aliphatic heterocycles. The monoisotopic (exact) mass is 484 g/mol. The van der Waals surface area contributed by atoms with Gasteiger partial charge in [0.25, 0.3) is 5.91 Å². The number of thiocarbonyl (C=S) groups is 1. The summed E-state index contributed by atoms with van der Waals surface area (Å²) in [4.78, 5) is 13.0. The lowest BCUT2D eigenvalue weighted by Crippen LogP contribution is -2.22. The Morgan fingerprint density at radius 3 is 2.13 bits per heavy atom. The largest absolute Gasteiger partial charge is 0.503 e. The molecule has 0 aromatic heterocycles. The predicted molar refractivity (Wildman–Crippen MR) is 122 cm³/mol. The van der Waals surface area contributed by atoms with Crippen LogP contribution in [0, 0.1) is 0 Å². The van der Waals surface area contributed by atoms with E-state index in [4.69, 9.17) is 44.9 Å². The highest BCUT2D eigenvalue weighted by atomic mass is 35.5. The van der Waals surface area contributed by atoms with Gasteiger partial charge in [0.05, 0.1) is 35.4 Å². The first-order valence-corrected chi connectivity index (χ1v) is 10.2. The van der Waals surface area contributed by atoms with Gasteiger partial charge in [0.1, 0.15) is 0 Å². The Hall–Kier alpha value is -2.46. The van der Waals surface area contributed by atoms with Gasteiger partial charge in [-0.05, 0) is 53.7 Å². The Morgan fingerprint density at radius 1 is 1.03 bits per heavy atom. The number of phenols is 2. The molecule has 1 saturated heterocycles. The summed E-state index contributed by atoms with van der Waals surface area (Å²) in [5, 5.41) is 25.0. The molecule has 11 heteroatoms. The fraction of sp³-hybridized carbons (Fsp3) is 0.105. The van der Waals surface area contributed by atoms with E-state index in [0.29, 0.717) is 16.0 Å². The third-order valence-electron chi connectivity index (χ3n) is 3.93. The number of ether oxygens (including phenoxy) is 2. The second-order valence-corrected chi connectivity index (χ2v) is 8.34. The van der Waals surface area contributed by atoms with Crippen molar-refractivity contribution in [3.05, 3.63) is 50.3 Å². The van der Waals surface area contributed by atoms with Crippen molar-refractivity contribution in [2.45, 2.75) is 0 Å². The second-order valence-electron chi connectivity index (χ2n) is 5.85. The highest BCUT2D eigenvalue weighted by molar-refractivity contribution is 8.26. The predicted octanol–water partition coefficient (Wildman–Crippen LogP) is 4.66. The topological polar surface area (TPSA) is 91.6 Å². The van der Waals surface area contributed by atoms with Crippen LogP contribution in [0.25, 0.3) is 6.08 Å². The fourth-order valence-electron chi connectivity index (χ4n) is 2.49. The second kappa shape index (κ2) is 9.13. The minimum absolute atomic E-state index is 0.0826. The number of hydrazone groups is 1. The number of halogens is 2. The van der Waals surface area contributed by atoms with Crippen molar-refractivity contribution in [3.63, 3.8) is 0 Å². The standard InChI is InChI=1S/C19H14Cl2N2O5S2/c1-27-13-5-9(3-11(20)16(13)24)7-15-18(26)23(19(29)30-15)22-8-10-4-12(21)17(25)14(6-10)28-2/h3-8,24-25H,1-2H3/b15-7-,22-8+. The molecule has 2 N–H and O–H groups in total. The Kier molecular flexibility index (Phi) is 6.77. The molecule has 0 bridgehead atoms. The Balaban J connectivity index is 1.87. The minimum Gasteiger partial charge on any atom is -0.503 e. The van der Waals surface area contributed by atoms with E-state index in [0.717, 1.165) is 16.8 Å².